The lowest BCUT2D eigenvalue weighted by molar-refractivity contribution is 0.386. The Kier molecular flexibility index (Phi) is 3.01. The smallest absolute Gasteiger partial charge is 0.165 e. The summed E-state index contributed by atoms with van der Waals surface area (Å²) in [5.41, 5.74) is 1.00. The van der Waals surface area contributed by atoms with Crippen LogP contribution in [0.25, 0.3) is 0 Å². The maximum Gasteiger partial charge on any atom is 0.165 e. The Balaban J connectivity index is 2.18. The van der Waals surface area contributed by atoms with Crippen molar-refractivity contribution in [1.82, 2.24) is 0 Å². The van der Waals surface area contributed by atoms with Gasteiger partial charge in [0.1, 0.15) is 0 Å². The van der Waals surface area contributed by atoms with E-state index in [0.29, 0.717) is 11.7 Å². The first-order valence-electron chi connectivity index (χ1n) is 5.11. The molecule has 0 aromatic heterocycles. The van der Waals surface area contributed by atoms with Crippen LogP contribution in [0.3, 0.4) is 0 Å². The highest BCUT2D eigenvalue weighted by Crippen LogP contribution is 2.51. The summed E-state index contributed by atoms with van der Waals surface area (Å²) >= 11 is 3.63. The quantitative estimate of drug-likeness (QED) is 0.758. The predicted molar refractivity (Wildman–Crippen MR) is 61.9 cm³/mol. The minimum Gasteiger partial charge on any atom is -0.494 e. The summed E-state index contributed by atoms with van der Waals surface area (Å²) in [4.78, 5) is 0.271. The molecule has 0 bridgehead atoms. The highest BCUT2D eigenvalue weighted by Gasteiger charge is 2.38. The molecular formula is C12H14BrFO. The number of methoxy groups -OCH3 is 1. The molecular weight excluding hydrogens is 259 g/mol. The Morgan fingerprint density at radius 3 is 2.67 bits per heavy atom. The highest BCUT2D eigenvalue weighted by atomic mass is 79.9. The molecule has 1 aliphatic carbocycles. The van der Waals surface area contributed by atoms with Crippen molar-refractivity contribution >= 4 is 15.9 Å². The van der Waals surface area contributed by atoms with Crippen molar-refractivity contribution in [2.24, 2.45) is 11.8 Å². The topological polar surface area (TPSA) is 9.23 Å². The Morgan fingerprint density at radius 1 is 1.53 bits per heavy atom. The van der Waals surface area contributed by atoms with Crippen LogP contribution in [0.1, 0.15) is 23.7 Å². The molecule has 0 saturated heterocycles. The number of benzene rings is 1. The fourth-order valence-electron chi connectivity index (χ4n) is 1.86. The SMILES string of the molecule is COc1ccc(C(Br)C2CC2C)cc1F. The van der Waals surface area contributed by atoms with Gasteiger partial charge in [0.2, 0.25) is 0 Å². The van der Waals surface area contributed by atoms with Crippen molar-refractivity contribution in [2.75, 3.05) is 7.11 Å². The molecule has 1 fully saturated rings. The number of halogens is 2. The number of rotatable bonds is 3. The first-order valence-corrected chi connectivity index (χ1v) is 6.02. The lowest BCUT2D eigenvalue weighted by Gasteiger charge is -2.10. The van der Waals surface area contributed by atoms with E-state index in [2.05, 4.69) is 22.9 Å². The maximum absolute atomic E-state index is 13.4. The van der Waals surface area contributed by atoms with Gasteiger partial charge < -0.3 is 4.74 Å². The van der Waals surface area contributed by atoms with Gasteiger partial charge >= 0.3 is 0 Å². The summed E-state index contributed by atoms with van der Waals surface area (Å²) in [6, 6.07) is 5.17. The van der Waals surface area contributed by atoms with Crippen molar-refractivity contribution in [3.05, 3.63) is 29.6 Å². The van der Waals surface area contributed by atoms with Crippen molar-refractivity contribution < 1.29 is 9.13 Å². The lowest BCUT2D eigenvalue weighted by atomic mass is 10.1. The van der Waals surface area contributed by atoms with E-state index < -0.39 is 0 Å². The first kappa shape index (κ1) is 10.9. The van der Waals surface area contributed by atoms with E-state index in [1.807, 2.05) is 6.07 Å². The molecule has 0 N–H and O–H groups in total. The molecule has 1 saturated carbocycles. The van der Waals surface area contributed by atoms with Crippen molar-refractivity contribution in [1.29, 1.82) is 0 Å². The van der Waals surface area contributed by atoms with E-state index in [1.54, 1.807) is 12.1 Å². The van der Waals surface area contributed by atoms with E-state index in [0.717, 1.165) is 11.5 Å². The highest BCUT2D eigenvalue weighted by molar-refractivity contribution is 9.09. The van der Waals surface area contributed by atoms with Gasteiger partial charge in [-0.25, -0.2) is 4.39 Å². The van der Waals surface area contributed by atoms with Gasteiger partial charge in [0.15, 0.2) is 11.6 Å². The molecule has 0 amide bonds. The third-order valence-corrected chi connectivity index (χ3v) is 4.25. The maximum atomic E-state index is 13.4. The molecule has 82 valence electrons. The molecule has 3 unspecified atom stereocenters. The zero-order chi connectivity index (χ0) is 11.0. The molecule has 0 heterocycles. The Hall–Kier alpha value is -0.570. The number of hydrogen-bond acceptors (Lipinski definition) is 1. The van der Waals surface area contributed by atoms with Crippen LogP contribution in [0.4, 0.5) is 4.39 Å². The zero-order valence-electron chi connectivity index (χ0n) is 8.84. The molecule has 1 nitrogen and oxygen atoms in total. The zero-order valence-corrected chi connectivity index (χ0v) is 10.4. The summed E-state index contributed by atoms with van der Waals surface area (Å²) in [6.45, 7) is 2.22. The third-order valence-electron chi connectivity index (χ3n) is 3.04. The molecule has 0 radical (unpaired) electrons. The van der Waals surface area contributed by atoms with Crippen LogP contribution >= 0.6 is 15.9 Å². The second kappa shape index (κ2) is 4.12. The van der Waals surface area contributed by atoms with Gasteiger partial charge in [-0.1, -0.05) is 28.9 Å². The standard InChI is InChI=1S/C12H14BrFO/c1-7-5-9(7)12(13)8-3-4-11(15-2)10(14)6-8/h3-4,6-7,9,12H,5H2,1-2H3. The molecule has 3 atom stereocenters. The fourth-order valence-corrected chi connectivity index (χ4v) is 2.88. The molecule has 0 spiro atoms. The van der Waals surface area contributed by atoms with E-state index in [-0.39, 0.29) is 10.6 Å². The number of alkyl halides is 1. The lowest BCUT2D eigenvalue weighted by Crippen LogP contribution is -1.96. The second-order valence-electron chi connectivity index (χ2n) is 4.17. The fraction of sp³-hybridized carbons (Fsp3) is 0.500. The summed E-state index contributed by atoms with van der Waals surface area (Å²) in [7, 11) is 1.48. The molecule has 3 heteroatoms. The van der Waals surface area contributed by atoms with Crippen molar-refractivity contribution in [3.63, 3.8) is 0 Å². The Morgan fingerprint density at radius 2 is 2.20 bits per heavy atom. The van der Waals surface area contributed by atoms with Crippen LogP contribution in [0.2, 0.25) is 0 Å². The van der Waals surface area contributed by atoms with Crippen LogP contribution in [-0.2, 0) is 0 Å². The van der Waals surface area contributed by atoms with Crippen LogP contribution < -0.4 is 4.74 Å². The van der Waals surface area contributed by atoms with Gasteiger partial charge in [-0.15, -0.1) is 0 Å². The summed E-state index contributed by atoms with van der Waals surface area (Å²) in [5.74, 6) is 1.42. The van der Waals surface area contributed by atoms with Crippen LogP contribution in [0.15, 0.2) is 18.2 Å². The minimum atomic E-state index is -0.284. The van der Waals surface area contributed by atoms with Crippen LogP contribution in [-0.4, -0.2) is 7.11 Å². The van der Waals surface area contributed by atoms with E-state index >= 15 is 0 Å². The molecule has 0 aliphatic heterocycles. The van der Waals surface area contributed by atoms with Crippen LogP contribution in [0, 0.1) is 17.7 Å². The van der Waals surface area contributed by atoms with Gasteiger partial charge in [-0.05, 0) is 36.0 Å². The van der Waals surface area contributed by atoms with Gasteiger partial charge in [0.05, 0.1) is 7.11 Å². The summed E-state index contributed by atoms with van der Waals surface area (Å²) in [6.07, 6.45) is 1.23. The van der Waals surface area contributed by atoms with Gasteiger partial charge in [-0.3, -0.25) is 0 Å². The number of ether oxygens (including phenoxy) is 1. The van der Waals surface area contributed by atoms with E-state index in [9.17, 15) is 4.39 Å². The largest absolute Gasteiger partial charge is 0.494 e. The second-order valence-corrected chi connectivity index (χ2v) is 5.16. The van der Waals surface area contributed by atoms with Gasteiger partial charge in [0, 0.05) is 4.83 Å². The Labute approximate surface area is 97.8 Å². The van der Waals surface area contributed by atoms with Gasteiger partial charge in [-0.2, -0.15) is 0 Å². The molecule has 15 heavy (non-hydrogen) atoms. The Bertz CT molecular complexity index is 367. The normalized spacial score (nSPS) is 26.1. The predicted octanol–water partition coefficient (Wildman–Crippen LogP) is 3.93. The van der Waals surface area contributed by atoms with Crippen molar-refractivity contribution in [2.45, 2.75) is 18.2 Å². The summed E-state index contributed by atoms with van der Waals surface area (Å²) < 4.78 is 18.3. The van der Waals surface area contributed by atoms with Crippen LogP contribution in [0.5, 0.6) is 5.75 Å². The van der Waals surface area contributed by atoms with Crippen molar-refractivity contribution in [3.8, 4) is 5.75 Å². The molecule has 1 aromatic carbocycles. The average molecular weight is 273 g/mol. The average Bonchev–Trinajstić information content (AvgIpc) is 2.94. The van der Waals surface area contributed by atoms with Gasteiger partial charge in [0.25, 0.3) is 0 Å². The molecule has 1 aromatic rings. The molecule has 1 aliphatic rings. The molecule has 2 rings (SSSR count). The summed E-state index contributed by atoms with van der Waals surface area (Å²) in [5, 5.41) is 0. The van der Waals surface area contributed by atoms with E-state index in [4.69, 9.17) is 4.74 Å². The number of hydrogen-bond donors (Lipinski definition) is 0. The first-order chi connectivity index (χ1) is 7.13. The monoisotopic (exact) mass is 272 g/mol. The minimum absolute atomic E-state index is 0.271. The van der Waals surface area contributed by atoms with E-state index in [1.165, 1.54) is 13.5 Å². The third kappa shape index (κ3) is 2.17.